The number of hydrogen-bond acceptors (Lipinski definition) is 2. The molecule has 1 N–H and O–H groups in total. The van der Waals surface area contributed by atoms with Crippen molar-refractivity contribution in [1.82, 2.24) is 15.1 Å². The van der Waals surface area contributed by atoms with Gasteiger partial charge in [-0.3, -0.25) is 4.68 Å². The normalized spacial score (nSPS) is 30.1. The number of hydrogen-bond donors (Lipinski definition) is 1. The molecule has 0 saturated carbocycles. The van der Waals surface area contributed by atoms with Crippen molar-refractivity contribution in [3.63, 3.8) is 0 Å². The molecule has 2 unspecified atom stereocenters. The molecule has 1 fully saturated rings. The molecule has 0 radical (unpaired) electrons. The molecule has 1 aliphatic heterocycles. The summed E-state index contributed by atoms with van der Waals surface area (Å²) in [4.78, 5) is 0. The van der Waals surface area contributed by atoms with E-state index in [4.69, 9.17) is 0 Å². The van der Waals surface area contributed by atoms with Crippen molar-refractivity contribution in [1.29, 1.82) is 0 Å². The fourth-order valence-corrected chi connectivity index (χ4v) is 3.15. The number of nitrogens with zero attached hydrogens (tertiary/aromatic N) is 2. The first kappa shape index (κ1) is 8.48. The summed E-state index contributed by atoms with van der Waals surface area (Å²) in [6.07, 6.45) is 3.90. The topological polar surface area (TPSA) is 29.9 Å². The summed E-state index contributed by atoms with van der Waals surface area (Å²) in [5.41, 5.74) is 4.19. The zero-order valence-corrected chi connectivity index (χ0v) is 8.88. The Kier molecular flexibility index (Phi) is 1.71. The van der Waals surface area contributed by atoms with Crippen LogP contribution in [0.3, 0.4) is 0 Å². The van der Waals surface area contributed by atoms with Gasteiger partial charge in [-0.2, -0.15) is 5.10 Å². The number of fused-ring (bicyclic) bond motifs is 3. The maximum absolute atomic E-state index is 4.53. The van der Waals surface area contributed by atoms with E-state index < -0.39 is 0 Å². The molecule has 3 heteroatoms. The van der Waals surface area contributed by atoms with Crippen LogP contribution in [0.25, 0.3) is 0 Å². The summed E-state index contributed by atoms with van der Waals surface area (Å²) in [6, 6.07) is 0.604. The molecule has 1 aromatic heterocycles. The Morgan fingerprint density at radius 1 is 1.43 bits per heavy atom. The van der Waals surface area contributed by atoms with Crippen LogP contribution in [0.5, 0.6) is 0 Å². The number of aromatic nitrogens is 2. The second-order valence-corrected chi connectivity index (χ2v) is 4.59. The molecule has 2 aliphatic rings. The molecule has 1 aromatic rings. The molecule has 1 saturated heterocycles. The molecule has 0 spiro atoms. The van der Waals surface area contributed by atoms with Crippen molar-refractivity contribution in [3.05, 3.63) is 17.0 Å². The third-order valence-electron chi connectivity index (χ3n) is 3.81. The van der Waals surface area contributed by atoms with Crippen molar-refractivity contribution < 1.29 is 0 Å². The van der Waals surface area contributed by atoms with E-state index in [-0.39, 0.29) is 0 Å². The molecule has 0 bridgehead atoms. The van der Waals surface area contributed by atoms with E-state index in [1.165, 1.54) is 42.8 Å². The lowest BCUT2D eigenvalue weighted by atomic mass is 9.83. The van der Waals surface area contributed by atoms with Crippen LogP contribution in [0.15, 0.2) is 0 Å². The minimum absolute atomic E-state index is 0.604. The van der Waals surface area contributed by atoms with Gasteiger partial charge in [0.15, 0.2) is 0 Å². The molecule has 0 amide bonds. The van der Waals surface area contributed by atoms with Gasteiger partial charge in [0.2, 0.25) is 0 Å². The largest absolute Gasteiger partial charge is 0.310 e. The monoisotopic (exact) mass is 191 g/mol. The Morgan fingerprint density at radius 2 is 2.29 bits per heavy atom. The first-order chi connectivity index (χ1) is 6.77. The Labute approximate surface area is 84.5 Å². The smallest absolute Gasteiger partial charge is 0.0644 e. The SMILES string of the molecule is Cc1nn(C)c2c1C1NCCC1CC2. The van der Waals surface area contributed by atoms with Crippen LogP contribution in [-0.4, -0.2) is 16.3 Å². The highest BCUT2D eigenvalue weighted by Gasteiger charge is 2.36. The summed E-state index contributed by atoms with van der Waals surface area (Å²) < 4.78 is 2.07. The molecule has 3 rings (SSSR count). The second-order valence-electron chi connectivity index (χ2n) is 4.59. The highest BCUT2D eigenvalue weighted by Crippen LogP contribution is 2.40. The summed E-state index contributed by atoms with van der Waals surface area (Å²) in [5.74, 6) is 0.866. The minimum Gasteiger partial charge on any atom is -0.310 e. The van der Waals surface area contributed by atoms with E-state index in [0.717, 1.165) is 5.92 Å². The molecule has 2 atom stereocenters. The quantitative estimate of drug-likeness (QED) is 0.670. The highest BCUT2D eigenvalue weighted by molar-refractivity contribution is 5.33. The molecule has 14 heavy (non-hydrogen) atoms. The Balaban J connectivity index is 2.12. The van der Waals surface area contributed by atoms with Crippen LogP contribution in [0.4, 0.5) is 0 Å². The third kappa shape index (κ3) is 0.989. The minimum atomic E-state index is 0.604. The molecular weight excluding hydrogens is 174 g/mol. The Hall–Kier alpha value is -0.830. The fourth-order valence-electron chi connectivity index (χ4n) is 3.15. The average Bonchev–Trinajstić information content (AvgIpc) is 2.71. The third-order valence-corrected chi connectivity index (χ3v) is 3.81. The predicted octanol–water partition coefficient (Wildman–Crippen LogP) is 1.33. The van der Waals surface area contributed by atoms with Gasteiger partial charge in [-0.05, 0) is 38.6 Å². The molecule has 76 valence electrons. The van der Waals surface area contributed by atoms with Gasteiger partial charge in [0.25, 0.3) is 0 Å². The number of aryl methyl sites for hydroxylation is 2. The van der Waals surface area contributed by atoms with Crippen LogP contribution in [0.2, 0.25) is 0 Å². The lowest BCUT2D eigenvalue weighted by Gasteiger charge is -2.26. The van der Waals surface area contributed by atoms with Crippen LogP contribution >= 0.6 is 0 Å². The van der Waals surface area contributed by atoms with E-state index in [9.17, 15) is 0 Å². The molecular formula is C11H17N3. The fraction of sp³-hybridized carbons (Fsp3) is 0.727. The van der Waals surface area contributed by atoms with E-state index in [1.54, 1.807) is 0 Å². The highest BCUT2D eigenvalue weighted by atomic mass is 15.3. The lowest BCUT2D eigenvalue weighted by molar-refractivity contribution is 0.397. The molecule has 1 aliphatic carbocycles. The Morgan fingerprint density at radius 3 is 3.14 bits per heavy atom. The van der Waals surface area contributed by atoms with Crippen molar-refractivity contribution in [2.75, 3.05) is 6.54 Å². The zero-order valence-electron chi connectivity index (χ0n) is 8.88. The zero-order chi connectivity index (χ0) is 9.71. The van der Waals surface area contributed by atoms with Gasteiger partial charge in [0, 0.05) is 24.3 Å². The number of nitrogens with one attached hydrogen (secondary N) is 1. The average molecular weight is 191 g/mol. The molecule has 3 nitrogen and oxygen atoms in total. The van der Waals surface area contributed by atoms with Crippen molar-refractivity contribution >= 4 is 0 Å². The van der Waals surface area contributed by atoms with E-state index in [0.29, 0.717) is 6.04 Å². The van der Waals surface area contributed by atoms with Gasteiger partial charge in [-0.25, -0.2) is 0 Å². The summed E-state index contributed by atoms with van der Waals surface area (Å²) in [6.45, 7) is 3.32. The van der Waals surface area contributed by atoms with Gasteiger partial charge in [0.05, 0.1) is 5.69 Å². The maximum atomic E-state index is 4.53. The van der Waals surface area contributed by atoms with E-state index in [1.807, 2.05) is 0 Å². The van der Waals surface area contributed by atoms with E-state index in [2.05, 4.69) is 29.1 Å². The first-order valence-corrected chi connectivity index (χ1v) is 5.53. The predicted molar refractivity (Wildman–Crippen MR) is 55.1 cm³/mol. The number of rotatable bonds is 0. The standard InChI is InChI=1S/C11H17N3/c1-7-10-9(14(2)13-7)4-3-8-5-6-12-11(8)10/h8,11-12H,3-6H2,1-2H3. The summed E-state index contributed by atoms with van der Waals surface area (Å²) in [7, 11) is 2.07. The van der Waals surface area contributed by atoms with Gasteiger partial charge < -0.3 is 5.32 Å². The maximum Gasteiger partial charge on any atom is 0.0644 e. The summed E-state index contributed by atoms with van der Waals surface area (Å²) >= 11 is 0. The molecule has 0 aromatic carbocycles. The van der Waals surface area contributed by atoms with E-state index >= 15 is 0 Å². The van der Waals surface area contributed by atoms with Crippen molar-refractivity contribution in [2.45, 2.75) is 32.2 Å². The van der Waals surface area contributed by atoms with Crippen LogP contribution in [-0.2, 0) is 13.5 Å². The van der Waals surface area contributed by atoms with Crippen LogP contribution in [0.1, 0.15) is 35.8 Å². The summed E-state index contributed by atoms with van der Waals surface area (Å²) in [5, 5.41) is 8.15. The van der Waals surface area contributed by atoms with Crippen LogP contribution < -0.4 is 5.32 Å². The molecule has 2 heterocycles. The first-order valence-electron chi connectivity index (χ1n) is 5.53. The second kappa shape index (κ2) is 2.83. The van der Waals surface area contributed by atoms with Gasteiger partial charge in [-0.15, -0.1) is 0 Å². The van der Waals surface area contributed by atoms with Gasteiger partial charge in [0.1, 0.15) is 0 Å². The van der Waals surface area contributed by atoms with Gasteiger partial charge >= 0.3 is 0 Å². The van der Waals surface area contributed by atoms with Crippen molar-refractivity contribution in [2.24, 2.45) is 13.0 Å². The van der Waals surface area contributed by atoms with Crippen LogP contribution in [0, 0.1) is 12.8 Å². The van der Waals surface area contributed by atoms with Gasteiger partial charge in [-0.1, -0.05) is 0 Å². The lowest BCUT2D eigenvalue weighted by Crippen LogP contribution is -2.24. The van der Waals surface area contributed by atoms with Crippen molar-refractivity contribution in [3.8, 4) is 0 Å². The Bertz CT molecular complexity index is 367.